The maximum atomic E-state index is 9.93. The van der Waals surface area contributed by atoms with E-state index in [0.29, 0.717) is 6.42 Å². The zero-order valence-corrected chi connectivity index (χ0v) is 16.8. The molecule has 4 nitrogen and oxygen atoms in total. The summed E-state index contributed by atoms with van der Waals surface area (Å²) >= 11 is 0. The maximum absolute atomic E-state index is 9.93. The Morgan fingerprint density at radius 1 is 1.12 bits per heavy atom. The standard InChI is InChI=1S/C21H36N2O2/c1-8-10-18(14-15-24)12-13-19(22(6)7)20(11-9-2)23(17-25)16-21(3,4)5/h8,10-11,13-15,24-25H,1,9,12,16-17H2,2-7H3/b15-14+,18-10-,19-13+,20-11+. The SMILES string of the molecule is C=C/C=C(\C=C\O)C/C=C(\C(=C/CC)N(CO)CC(C)(C)C)N(C)C. The lowest BCUT2D eigenvalue weighted by molar-refractivity contribution is 0.105. The van der Waals surface area contributed by atoms with Crippen molar-refractivity contribution in [3.8, 4) is 0 Å². The van der Waals surface area contributed by atoms with E-state index in [0.717, 1.165) is 36.2 Å². The third-order valence-corrected chi connectivity index (χ3v) is 3.47. The van der Waals surface area contributed by atoms with Crippen LogP contribution in [0.15, 0.2) is 60.2 Å². The van der Waals surface area contributed by atoms with E-state index in [1.807, 2.05) is 25.1 Å². The number of aliphatic hydroxyl groups excluding tert-OH is 2. The molecule has 0 fully saturated rings. The van der Waals surface area contributed by atoms with Crippen molar-refractivity contribution < 1.29 is 10.2 Å². The zero-order chi connectivity index (χ0) is 19.5. The van der Waals surface area contributed by atoms with Crippen molar-refractivity contribution >= 4 is 0 Å². The number of likely N-dealkylation sites (N-methyl/N-ethyl adjacent to an activating group) is 1. The Bertz CT molecular complexity index is 521. The Morgan fingerprint density at radius 3 is 2.16 bits per heavy atom. The minimum atomic E-state index is -0.0276. The zero-order valence-electron chi connectivity index (χ0n) is 16.8. The third-order valence-electron chi connectivity index (χ3n) is 3.47. The number of rotatable bonds is 10. The van der Waals surface area contributed by atoms with Gasteiger partial charge in [-0.1, -0.05) is 58.6 Å². The van der Waals surface area contributed by atoms with E-state index in [4.69, 9.17) is 5.11 Å². The molecule has 0 saturated carbocycles. The molecule has 0 bridgehead atoms. The van der Waals surface area contributed by atoms with Crippen LogP contribution in [-0.4, -0.2) is 47.4 Å². The van der Waals surface area contributed by atoms with Crippen molar-refractivity contribution in [1.29, 1.82) is 0 Å². The molecule has 0 amide bonds. The molecule has 2 N–H and O–H groups in total. The van der Waals surface area contributed by atoms with Crippen molar-refractivity contribution in [2.45, 2.75) is 40.5 Å². The van der Waals surface area contributed by atoms with Crippen molar-refractivity contribution in [3.63, 3.8) is 0 Å². The number of hydrogen-bond donors (Lipinski definition) is 2. The predicted molar refractivity (Wildman–Crippen MR) is 108 cm³/mol. The van der Waals surface area contributed by atoms with Crippen molar-refractivity contribution in [3.05, 3.63) is 60.2 Å². The van der Waals surface area contributed by atoms with Gasteiger partial charge in [-0.2, -0.15) is 0 Å². The summed E-state index contributed by atoms with van der Waals surface area (Å²) in [7, 11) is 4.00. The summed E-state index contributed by atoms with van der Waals surface area (Å²) in [6.45, 7) is 13.0. The number of nitrogens with zero attached hydrogens (tertiary/aromatic N) is 2. The first-order valence-corrected chi connectivity index (χ1v) is 8.76. The van der Waals surface area contributed by atoms with Gasteiger partial charge in [-0.25, -0.2) is 0 Å². The Labute approximate surface area is 154 Å². The fraction of sp³-hybridized carbons (Fsp3) is 0.524. The normalized spacial score (nSPS) is 14.1. The van der Waals surface area contributed by atoms with Crippen LogP contribution in [0.25, 0.3) is 0 Å². The van der Waals surface area contributed by atoms with E-state index in [9.17, 15) is 5.11 Å². The molecule has 25 heavy (non-hydrogen) atoms. The topological polar surface area (TPSA) is 46.9 Å². The predicted octanol–water partition coefficient (Wildman–Crippen LogP) is 4.60. The van der Waals surface area contributed by atoms with Gasteiger partial charge in [0.15, 0.2) is 0 Å². The average molecular weight is 349 g/mol. The molecule has 0 aromatic heterocycles. The summed E-state index contributed by atoms with van der Waals surface area (Å²) in [6, 6.07) is 0. The van der Waals surface area contributed by atoms with E-state index in [-0.39, 0.29) is 12.1 Å². The second-order valence-electron chi connectivity index (χ2n) is 7.38. The van der Waals surface area contributed by atoms with E-state index in [1.165, 1.54) is 0 Å². The van der Waals surface area contributed by atoms with Crippen LogP contribution in [0.1, 0.15) is 40.5 Å². The molecule has 0 aliphatic rings. The molecule has 4 heteroatoms. The number of hydrogen-bond acceptors (Lipinski definition) is 4. The van der Waals surface area contributed by atoms with Crippen LogP contribution in [0.5, 0.6) is 0 Å². The Kier molecular flexibility index (Phi) is 10.7. The molecule has 0 unspecified atom stereocenters. The van der Waals surface area contributed by atoms with Gasteiger partial charge in [0.25, 0.3) is 0 Å². The fourth-order valence-electron chi connectivity index (χ4n) is 2.54. The molecule has 0 aromatic carbocycles. The van der Waals surface area contributed by atoms with Gasteiger partial charge in [0.1, 0.15) is 6.73 Å². The molecule has 142 valence electrons. The summed E-state index contributed by atoms with van der Waals surface area (Å²) < 4.78 is 0. The molecule has 0 aliphatic heterocycles. The highest BCUT2D eigenvalue weighted by molar-refractivity contribution is 5.32. The fourth-order valence-corrected chi connectivity index (χ4v) is 2.54. The molecular weight excluding hydrogens is 312 g/mol. The van der Waals surface area contributed by atoms with Gasteiger partial charge < -0.3 is 20.0 Å². The molecule has 0 atom stereocenters. The maximum Gasteiger partial charge on any atom is 0.115 e. The van der Waals surface area contributed by atoms with Gasteiger partial charge in [0.05, 0.1) is 17.7 Å². The summed E-state index contributed by atoms with van der Waals surface area (Å²) in [5.74, 6) is 0. The highest BCUT2D eigenvalue weighted by Crippen LogP contribution is 2.24. The summed E-state index contributed by atoms with van der Waals surface area (Å²) in [5.41, 5.74) is 3.09. The molecule has 0 saturated heterocycles. The lowest BCUT2D eigenvalue weighted by atomic mass is 9.95. The molecule has 0 aliphatic carbocycles. The van der Waals surface area contributed by atoms with Gasteiger partial charge >= 0.3 is 0 Å². The average Bonchev–Trinajstić information content (AvgIpc) is 2.51. The van der Waals surface area contributed by atoms with E-state index in [1.54, 1.807) is 12.2 Å². The van der Waals surface area contributed by atoms with Crippen LogP contribution in [-0.2, 0) is 0 Å². The third kappa shape index (κ3) is 9.20. The van der Waals surface area contributed by atoms with Gasteiger partial charge in [-0.15, -0.1) is 0 Å². The van der Waals surface area contributed by atoms with Crippen molar-refractivity contribution in [1.82, 2.24) is 9.80 Å². The second-order valence-corrected chi connectivity index (χ2v) is 7.38. The van der Waals surface area contributed by atoms with Gasteiger partial charge in [-0.05, 0) is 29.9 Å². The first-order chi connectivity index (χ1) is 11.7. The quantitative estimate of drug-likeness (QED) is 0.344. The summed E-state index contributed by atoms with van der Waals surface area (Å²) in [4.78, 5) is 4.06. The monoisotopic (exact) mass is 348 g/mol. The van der Waals surface area contributed by atoms with E-state index >= 15 is 0 Å². The van der Waals surface area contributed by atoms with Crippen LogP contribution < -0.4 is 0 Å². The van der Waals surface area contributed by atoms with Crippen molar-refractivity contribution in [2.24, 2.45) is 5.41 Å². The van der Waals surface area contributed by atoms with Crippen LogP contribution in [0.4, 0.5) is 0 Å². The molecular formula is C21H36N2O2. The Hall–Kier alpha value is -1.94. The highest BCUT2D eigenvalue weighted by atomic mass is 16.3. The van der Waals surface area contributed by atoms with Crippen LogP contribution >= 0.6 is 0 Å². The first kappa shape index (κ1) is 23.1. The van der Waals surface area contributed by atoms with Crippen LogP contribution in [0, 0.1) is 5.41 Å². The minimum absolute atomic E-state index is 0.0276. The lowest BCUT2D eigenvalue weighted by Crippen LogP contribution is -2.35. The Balaban J connectivity index is 5.80. The van der Waals surface area contributed by atoms with E-state index < -0.39 is 0 Å². The number of aliphatic hydroxyl groups is 2. The summed E-state index contributed by atoms with van der Waals surface area (Å²) in [6.07, 6.45) is 12.1. The van der Waals surface area contributed by atoms with Crippen LogP contribution in [0.2, 0.25) is 0 Å². The van der Waals surface area contributed by atoms with E-state index in [2.05, 4.69) is 51.3 Å². The second kappa shape index (κ2) is 11.6. The van der Waals surface area contributed by atoms with Crippen molar-refractivity contribution in [2.75, 3.05) is 27.4 Å². The molecule has 0 spiro atoms. The molecule has 0 rings (SSSR count). The lowest BCUT2D eigenvalue weighted by Gasteiger charge is -2.35. The largest absolute Gasteiger partial charge is 0.516 e. The highest BCUT2D eigenvalue weighted by Gasteiger charge is 2.20. The summed E-state index contributed by atoms with van der Waals surface area (Å²) in [5, 5.41) is 19.0. The molecule has 0 aromatic rings. The Morgan fingerprint density at radius 2 is 1.76 bits per heavy atom. The van der Waals surface area contributed by atoms with Gasteiger partial charge in [0.2, 0.25) is 0 Å². The molecule has 0 radical (unpaired) electrons. The van der Waals surface area contributed by atoms with Gasteiger partial charge in [0, 0.05) is 20.6 Å². The van der Waals surface area contributed by atoms with Crippen LogP contribution in [0.3, 0.4) is 0 Å². The molecule has 0 heterocycles. The van der Waals surface area contributed by atoms with Gasteiger partial charge in [-0.3, -0.25) is 0 Å². The minimum Gasteiger partial charge on any atom is -0.516 e. The smallest absolute Gasteiger partial charge is 0.115 e. The number of allylic oxidation sites excluding steroid dienone is 6. The first-order valence-electron chi connectivity index (χ1n) is 8.76.